The van der Waals surface area contributed by atoms with Crippen LogP contribution >= 0.6 is 11.6 Å². The molecule has 0 saturated heterocycles. The Hall–Kier alpha value is -3.94. The number of hydrogen-bond donors (Lipinski definition) is 1. The van der Waals surface area contributed by atoms with Gasteiger partial charge in [0.25, 0.3) is 5.88 Å². The van der Waals surface area contributed by atoms with Crippen LogP contribution in [0.15, 0.2) is 32.1 Å². The van der Waals surface area contributed by atoms with Gasteiger partial charge < -0.3 is 4.74 Å². The van der Waals surface area contributed by atoms with Crippen molar-refractivity contribution in [3.05, 3.63) is 45.4 Å². The smallest absolute Gasteiger partial charge is 0.446 e. The van der Waals surface area contributed by atoms with Crippen LogP contribution in [0.2, 0.25) is 5.02 Å². The maximum absolute atomic E-state index is 13.4. The van der Waals surface area contributed by atoms with Crippen LogP contribution in [-0.4, -0.2) is 53.1 Å². The number of halogens is 2. The van der Waals surface area contributed by atoms with Crippen molar-refractivity contribution in [2.75, 3.05) is 6.61 Å². The summed E-state index contributed by atoms with van der Waals surface area (Å²) >= 11 is 5.78. The first-order valence-corrected chi connectivity index (χ1v) is 8.69. The van der Waals surface area contributed by atoms with E-state index in [1.165, 1.54) is 12.1 Å². The predicted molar refractivity (Wildman–Crippen MR) is 93.6 cm³/mol. The minimum Gasteiger partial charge on any atom is -0.474 e. The third kappa shape index (κ3) is 3.80. The molecule has 0 aliphatic rings. The number of aromatic amines is 1. The Morgan fingerprint density at radius 2 is 2.17 bits per heavy atom. The van der Waals surface area contributed by atoms with Gasteiger partial charge in [-0.15, -0.1) is 10.2 Å². The summed E-state index contributed by atoms with van der Waals surface area (Å²) < 4.78 is 29.3. The molecule has 0 atom stereocenters. The lowest BCUT2D eigenvalue weighted by molar-refractivity contribution is 0.0962. The summed E-state index contributed by atoms with van der Waals surface area (Å²) in [5.41, 5.74) is 0.146. The summed E-state index contributed by atoms with van der Waals surface area (Å²) in [7, 11) is 0. The summed E-state index contributed by atoms with van der Waals surface area (Å²) in [6.07, 6.45) is 0.405. The van der Waals surface area contributed by atoms with E-state index in [0.29, 0.717) is 6.42 Å². The minimum atomic E-state index is -0.868. The molecule has 1 aromatic carbocycles. The van der Waals surface area contributed by atoms with Crippen LogP contribution in [0, 0.1) is 5.82 Å². The summed E-state index contributed by atoms with van der Waals surface area (Å²) in [5, 5.41) is 23.4. The molecule has 0 bridgehead atoms. The van der Waals surface area contributed by atoms with E-state index < -0.39 is 11.6 Å². The number of H-pyrrole nitrogens is 1. The fourth-order valence-corrected chi connectivity index (χ4v) is 2.63. The molecule has 3 aromatic heterocycles. The molecular formula is C15H10ClFN8O5. The van der Waals surface area contributed by atoms with E-state index in [0.717, 1.165) is 10.6 Å². The van der Waals surface area contributed by atoms with E-state index >= 15 is 0 Å². The van der Waals surface area contributed by atoms with Gasteiger partial charge in [-0.25, -0.2) is 18.4 Å². The van der Waals surface area contributed by atoms with Gasteiger partial charge in [-0.05, 0) is 40.1 Å². The molecule has 3 heterocycles. The maximum atomic E-state index is 13.4. The van der Waals surface area contributed by atoms with E-state index in [-0.39, 0.29) is 52.7 Å². The summed E-state index contributed by atoms with van der Waals surface area (Å²) in [4.78, 5) is 23.9. The zero-order valence-electron chi connectivity index (χ0n) is 14.8. The molecule has 1 N–H and O–H groups in total. The van der Waals surface area contributed by atoms with Gasteiger partial charge in [-0.3, -0.25) is 9.32 Å². The SMILES string of the molecule is O=C(CCCOc1nonc1-c1noc(=O)n1-c1ccc(F)c(Cl)c1)c1nn[nH]n1. The van der Waals surface area contributed by atoms with Crippen LogP contribution in [0.5, 0.6) is 5.88 Å². The van der Waals surface area contributed by atoms with Crippen molar-refractivity contribution < 1.29 is 23.1 Å². The van der Waals surface area contributed by atoms with Crippen molar-refractivity contribution in [3.63, 3.8) is 0 Å². The predicted octanol–water partition coefficient (Wildman–Crippen LogP) is 1.22. The van der Waals surface area contributed by atoms with Crippen molar-refractivity contribution in [3.8, 4) is 23.1 Å². The Balaban J connectivity index is 1.50. The number of nitrogens with zero attached hydrogens (tertiary/aromatic N) is 7. The zero-order valence-corrected chi connectivity index (χ0v) is 15.5. The number of nitrogens with one attached hydrogen (secondary N) is 1. The number of carbonyl (C=O) groups excluding carboxylic acids is 1. The van der Waals surface area contributed by atoms with Crippen molar-refractivity contribution in [1.82, 2.24) is 40.7 Å². The molecule has 30 heavy (non-hydrogen) atoms. The molecule has 0 fully saturated rings. The highest BCUT2D eigenvalue weighted by molar-refractivity contribution is 6.30. The number of ether oxygens (including phenoxy) is 1. The number of carbonyl (C=O) groups is 1. The van der Waals surface area contributed by atoms with Crippen LogP contribution in [0.4, 0.5) is 4.39 Å². The topological polar surface area (TPSA) is 168 Å². The standard InChI is InChI=1S/C15H10ClFN8O5/c16-8-6-7(3-4-9(8)17)25-13(21-29-15(25)27)11-14(22-30-20-11)28-5-1-2-10(26)12-18-23-24-19-12/h3-4,6H,1-2,5H2,(H,18,19,23,24). The van der Waals surface area contributed by atoms with Gasteiger partial charge in [-0.2, -0.15) is 5.21 Å². The first-order valence-electron chi connectivity index (χ1n) is 8.31. The number of Topliss-reactive ketones (excluding diaryl/α,β-unsaturated/α-hetero) is 1. The Bertz CT molecular complexity index is 1230. The fourth-order valence-electron chi connectivity index (χ4n) is 2.46. The van der Waals surface area contributed by atoms with Gasteiger partial charge in [0.15, 0.2) is 0 Å². The fraction of sp³-hybridized carbons (Fsp3) is 0.200. The quantitative estimate of drug-likeness (QED) is 0.311. The molecule has 0 aliphatic carbocycles. The third-order valence-electron chi connectivity index (χ3n) is 3.82. The average molecular weight is 437 g/mol. The second-order valence-electron chi connectivity index (χ2n) is 5.73. The van der Waals surface area contributed by atoms with Gasteiger partial charge in [0.1, 0.15) is 5.82 Å². The molecule has 0 saturated carbocycles. The first kappa shape index (κ1) is 19.4. The Morgan fingerprint density at radius 3 is 2.93 bits per heavy atom. The number of aromatic nitrogens is 8. The van der Waals surface area contributed by atoms with Gasteiger partial charge >= 0.3 is 5.76 Å². The zero-order chi connectivity index (χ0) is 21.1. The van der Waals surface area contributed by atoms with E-state index in [4.69, 9.17) is 16.3 Å². The Morgan fingerprint density at radius 1 is 1.30 bits per heavy atom. The molecule has 0 radical (unpaired) electrons. The van der Waals surface area contributed by atoms with Crippen molar-refractivity contribution >= 4 is 17.4 Å². The monoisotopic (exact) mass is 436 g/mol. The highest BCUT2D eigenvalue weighted by Gasteiger charge is 2.24. The Labute approximate surface area is 169 Å². The van der Waals surface area contributed by atoms with Gasteiger partial charge in [0.2, 0.25) is 23.1 Å². The lowest BCUT2D eigenvalue weighted by Crippen LogP contribution is -2.14. The van der Waals surface area contributed by atoms with E-state index in [1.54, 1.807) is 0 Å². The number of tetrazole rings is 1. The van der Waals surface area contributed by atoms with Crippen LogP contribution < -0.4 is 10.5 Å². The van der Waals surface area contributed by atoms with E-state index in [1.807, 2.05) is 0 Å². The maximum Gasteiger partial charge on any atom is 0.446 e. The molecule has 0 amide bonds. The highest BCUT2D eigenvalue weighted by atomic mass is 35.5. The summed E-state index contributed by atoms with van der Waals surface area (Å²) in [5.74, 6) is -2.05. The molecule has 0 unspecified atom stereocenters. The Kier molecular flexibility index (Phi) is 5.30. The van der Waals surface area contributed by atoms with Crippen molar-refractivity contribution in [1.29, 1.82) is 0 Å². The van der Waals surface area contributed by atoms with Crippen LogP contribution in [0.3, 0.4) is 0 Å². The highest BCUT2D eigenvalue weighted by Crippen LogP contribution is 2.27. The lowest BCUT2D eigenvalue weighted by Gasteiger charge is -2.05. The number of rotatable bonds is 8. The largest absolute Gasteiger partial charge is 0.474 e. The van der Waals surface area contributed by atoms with Gasteiger partial charge in [-0.1, -0.05) is 16.8 Å². The van der Waals surface area contributed by atoms with Crippen LogP contribution in [0.25, 0.3) is 17.2 Å². The number of hydrogen-bond acceptors (Lipinski definition) is 11. The molecule has 0 spiro atoms. The van der Waals surface area contributed by atoms with Gasteiger partial charge in [0.05, 0.1) is 17.3 Å². The van der Waals surface area contributed by atoms with Crippen molar-refractivity contribution in [2.45, 2.75) is 12.8 Å². The second-order valence-corrected chi connectivity index (χ2v) is 6.14. The van der Waals surface area contributed by atoms with Crippen LogP contribution in [-0.2, 0) is 0 Å². The van der Waals surface area contributed by atoms with E-state index in [9.17, 15) is 14.0 Å². The minimum absolute atomic E-state index is 0.0247. The number of benzene rings is 1. The molecule has 15 heteroatoms. The normalized spacial score (nSPS) is 11.0. The molecule has 154 valence electrons. The summed E-state index contributed by atoms with van der Waals surface area (Å²) in [6.45, 7) is 0.0647. The van der Waals surface area contributed by atoms with Gasteiger partial charge in [0, 0.05) is 6.42 Å². The molecule has 0 aliphatic heterocycles. The molecule has 4 aromatic rings. The molecule has 4 rings (SSSR count). The number of ketones is 1. The molecule has 13 nitrogen and oxygen atoms in total. The second kappa shape index (κ2) is 8.20. The average Bonchev–Trinajstić information content (AvgIpc) is 3.48. The summed E-state index contributed by atoms with van der Waals surface area (Å²) in [6, 6.07) is 3.61. The third-order valence-corrected chi connectivity index (χ3v) is 4.11. The van der Waals surface area contributed by atoms with E-state index in [2.05, 4.69) is 45.2 Å². The first-order chi connectivity index (χ1) is 14.5. The molecular weight excluding hydrogens is 427 g/mol. The lowest BCUT2D eigenvalue weighted by atomic mass is 10.2. The van der Waals surface area contributed by atoms with Crippen LogP contribution in [0.1, 0.15) is 23.5 Å². The van der Waals surface area contributed by atoms with Crippen molar-refractivity contribution in [2.24, 2.45) is 0 Å².